The predicted molar refractivity (Wildman–Crippen MR) is 34.7 cm³/mol. The van der Waals surface area contributed by atoms with Crippen molar-refractivity contribution < 1.29 is 4.74 Å². The van der Waals surface area contributed by atoms with E-state index in [1.807, 2.05) is 12.1 Å². The third-order valence-electron chi connectivity index (χ3n) is 1.54. The lowest BCUT2D eigenvalue weighted by molar-refractivity contribution is 0.643. The molecule has 0 spiro atoms. The average Bonchev–Trinajstić information content (AvgIpc) is 2.64. The lowest BCUT2D eigenvalue weighted by atomic mass is 10.2. The van der Waals surface area contributed by atoms with Crippen LogP contribution in [0.4, 0.5) is 0 Å². The van der Waals surface area contributed by atoms with Crippen molar-refractivity contribution in [3.05, 3.63) is 23.8 Å². The third-order valence-corrected chi connectivity index (χ3v) is 1.54. The SMILES string of the molecule is CCc1cc[c]c2c1O2. The summed E-state index contributed by atoms with van der Waals surface area (Å²) in [5.41, 5.74) is 1.30. The highest BCUT2D eigenvalue weighted by atomic mass is 16.6. The van der Waals surface area contributed by atoms with Gasteiger partial charge in [0.15, 0.2) is 11.5 Å². The van der Waals surface area contributed by atoms with Gasteiger partial charge in [0.05, 0.1) is 0 Å². The van der Waals surface area contributed by atoms with Crippen molar-refractivity contribution in [2.75, 3.05) is 0 Å². The maximum absolute atomic E-state index is 5.10. The second-order valence-electron chi connectivity index (χ2n) is 2.12. The molecule has 1 heteroatoms. The highest BCUT2D eigenvalue weighted by Gasteiger charge is 2.22. The molecule has 1 aliphatic heterocycles. The standard InChI is InChI=1S/C8H7O/c1-2-6-4-3-5-7-8(6)9-7/h3-4H,2H2,1H3. The summed E-state index contributed by atoms with van der Waals surface area (Å²) in [6.45, 7) is 2.12. The normalized spacial score (nSPS) is 12.1. The lowest BCUT2D eigenvalue weighted by Gasteiger charge is -1.85. The van der Waals surface area contributed by atoms with Crippen molar-refractivity contribution in [2.45, 2.75) is 13.3 Å². The van der Waals surface area contributed by atoms with Gasteiger partial charge in [-0.25, -0.2) is 0 Å². The van der Waals surface area contributed by atoms with Crippen LogP contribution in [0, 0.1) is 6.07 Å². The summed E-state index contributed by atoms with van der Waals surface area (Å²) in [6.07, 6.45) is 1.05. The van der Waals surface area contributed by atoms with Gasteiger partial charge in [-0.1, -0.05) is 13.0 Å². The molecule has 1 aromatic rings. The monoisotopic (exact) mass is 119 g/mol. The van der Waals surface area contributed by atoms with E-state index in [2.05, 4.69) is 13.0 Å². The fourth-order valence-electron chi connectivity index (χ4n) is 0.955. The number of ether oxygens (including phenoxy) is 1. The average molecular weight is 119 g/mol. The zero-order valence-electron chi connectivity index (χ0n) is 5.27. The molecule has 2 rings (SSSR count). The van der Waals surface area contributed by atoms with Crippen molar-refractivity contribution in [3.8, 4) is 11.5 Å². The molecule has 0 atom stereocenters. The Morgan fingerprint density at radius 1 is 1.67 bits per heavy atom. The second-order valence-corrected chi connectivity index (χ2v) is 2.12. The molecule has 1 nitrogen and oxygen atoms in total. The molecule has 1 radical (unpaired) electrons. The molecule has 9 heavy (non-hydrogen) atoms. The van der Waals surface area contributed by atoms with E-state index >= 15 is 0 Å². The van der Waals surface area contributed by atoms with Gasteiger partial charge < -0.3 is 4.74 Å². The zero-order valence-corrected chi connectivity index (χ0v) is 5.27. The predicted octanol–water partition coefficient (Wildman–Crippen LogP) is 2.15. The molecule has 0 saturated heterocycles. The van der Waals surface area contributed by atoms with Gasteiger partial charge in [0.25, 0.3) is 0 Å². The van der Waals surface area contributed by atoms with Gasteiger partial charge in [-0.05, 0) is 18.1 Å². The first-order chi connectivity index (χ1) is 4.42. The molecule has 1 heterocycles. The van der Waals surface area contributed by atoms with Crippen LogP contribution < -0.4 is 4.74 Å². The minimum atomic E-state index is 0.939. The van der Waals surface area contributed by atoms with Crippen molar-refractivity contribution in [1.82, 2.24) is 0 Å². The maximum atomic E-state index is 5.10. The Hall–Kier alpha value is -0.980. The quantitative estimate of drug-likeness (QED) is 0.524. The summed E-state index contributed by atoms with van der Waals surface area (Å²) in [6, 6.07) is 6.93. The molecule has 45 valence electrons. The molecule has 0 aromatic heterocycles. The van der Waals surface area contributed by atoms with Gasteiger partial charge in [0, 0.05) is 6.07 Å². The van der Waals surface area contributed by atoms with Crippen molar-refractivity contribution >= 4 is 0 Å². The first kappa shape index (κ1) is 4.86. The highest BCUT2D eigenvalue weighted by molar-refractivity contribution is 5.58. The van der Waals surface area contributed by atoms with Crippen LogP contribution in [0.15, 0.2) is 12.1 Å². The van der Waals surface area contributed by atoms with Gasteiger partial charge in [-0.2, -0.15) is 0 Å². The van der Waals surface area contributed by atoms with Gasteiger partial charge in [0.1, 0.15) is 0 Å². The fraction of sp³-hybridized carbons (Fsp3) is 0.250. The summed E-state index contributed by atoms with van der Waals surface area (Å²) >= 11 is 0. The number of hydrogen-bond donors (Lipinski definition) is 0. The highest BCUT2D eigenvalue weighted by Crippen LogP contribution is 2.47. The van der Waals surface area contributed by atoms with Crippen LogP contribution in [0.1, 0.15) is 12.5 Å². The minimum Gasteiger partial charge on any atom is -0.449 e. The summed E-state index contributed by atoms with van der Waals surface area (Å²) < 4.78 is 5.10. The van der Waals surface area contributed by atoms with Crippen molar-refractivity contribution in [3.63, 3.8) is 0 Å². The molecule has 0 amide bonds. The zero-order chi connectivity index (χ0) is 6.27. The van der Waals surface area contributed by atoms with E-state index in [0.29, 0.717) is 0 Å². The van der Waals surface area contributed by atoms with E-state index in [-0.39, 0.29) is 0 Å². The second kappa shape index (κ2) is 1.50. The Morgan fingerprint density at radius 3 is 3.22 bits per heavy atom. The summed E-state index contributed by atoms with van der Waals surface area (Å²) in [5, 5.41) is 0. The Morgan fingerprint density at radius 2 is 2.56 bits per heavy atom. The minimum absolute atomic E-state index is 0.939. The smallest absolute Gasteiger partial charge is 0.178 e. The summed E-state index contributed by atoms with van der Waals surface area (Å²) in [4.78, 5) is 0. The Labute approximate surface area is 54.3 Å². The number of fused-ring (bicyclic) bond motifs is 1. The van der Waals surface area contributed by atoms with Gasteiger partial charge in [0.2, 0.25) is 0 Å². The van der Waals surface area contributed by atoms with Crippen LogP contribution in [0.3, 0.4) is 0 Å². The van der Waals surface area contributed by atoms with Crippen molar-refractivity contribution in [2.24, 2.45) is 0 Å². The van der Waals surface area contributed by atoms with Gasteiger partial charge in [-0.15, -0.1) is 0 Å². The molecule has 0 fully saturated rings. The first-order valence-electron chi connectivity index (χ1n) is 3.13. The topological polar surface area (TPSA) is 12.5 Å². The molecular weight excluding hydrogens is 112 g/mol. The number of aryl methyl sites for hydroxylation is 1. The summed E-state index contributed by atoms with van der Waals surface area (Å²) in [5.74, 6) is 1.99. The van der Waals surface area contributed by atoms with Crippen LogP contribution in [0.5, 0.6) is 11.5 Å². The van der Waals surface area contributed by atoms with E-state index in [0.717, 1.165) is 17.9 Å². The Kier molecular flexibility index (Phi) is 0.810. The third kappa shape index (κ3) is 0.611. The largest absolute Gasteiger partial charge is 0.449 e. The van der Waals surface area contributed by atoms with Crippen LogP contribution in [0.2, 0.25) is 0 Å². The van der Waals surface area contributed by atoms with Crippen LogP contribution in [-0.2, 0) is 6.42 Å². The number of benzene rings is 1. The van der Waals surface area contributed by atoms with E-state index in [1.54, 1.807) is 0 Å². The number of hydrogen-bond acceptors (Lipinski definition) is 1. The van der Waals surface area contributed by atoms with Gasteiger partial charge >= 0.3 is 0 Å². The molecule has 1 aromatic carbocycles. The van der Waals surface area contributed by atoms with E-state index in [4.69, 9.17) is 4.74 Å². The molecule has 0 N–H and O–H groups in total. The van der Waals surface area contributed by atoms with Crippen LogP contribution in [0.25, 0.3) is 0 Å². The molecular formula is C8H7O. The molecule has 0 unspecified atom stereocenters. The molecule has 0 aliphatic carbocycles. The summed E-state index contributed by atoms with van der Waals surface area (Å²) in [7, 11) is 0. The Balaban J connectivity index is 2.51. The fourth-order valence-corrected chi connectivity index (χ4v) is 0.955. The van der Waals surface area contributed by atoms with E-state index in [9.17, 15) is 0 Å². The molecule has 1 aliphatic rings. The van der Waals surface area contributed by atoms with Gasteiger partial charge in [-0.3, -0.25) is 0 Å². The van der Waals surface area contributed by atoms with Crippen LogP contribution in [-0.4, -0.2) is 0 Å². The van der Waals surface area contributed by atoms with E-state index in [1.165, 1.54) is 5.56 Å². The lowest BCUT2D eigenvalue weighted by Crippen LogP contribution is -1.70. The van der Waals surface area contributed by atoms with Crippen LogP contribution >= 0.6 is 0 Å². The maximum Gasteiger partial charge on any atom is 0.178 e. The number of rotatable bonds is 1. The first-order valence-corrected chi connectivity index (χ1v) is 3.13. The molecule has 0 bridgehead atoms. The van der Waals surface area contributed by atoms with Crippen molar-refractivity contribution in [1.29, 1.82) is 0 Å². The molecule has 0 saturated carbocycles. The van der Waals surface area contributed by atoms with E-state index < -0.39 is 0 Å². The Bertz CT molecular complexity index is 240.